The molecule has 1 heterocycles. The van der Waals surface area contributed by atoms with E-state index < -0.39 is 6.10 Å². The first-order valence-electron chi connectivity index (χ1n) is 8.82. The molecule has 2 rings (SSSR count). The molecule has 1 aromatic carbocycles. The fourth-order valence-electron chi connectivity index (χ4n) is 3.62. The highest BCUT2D eigenvalue weighted by atomic mass is 16.5. The van der Waals surface area contributed by atoms with Gasteiger partial charge in [-0.3, -0.25) is 0 Å². The molecule has 134 valence electrons. The number of β-amino-alcohol motifs (C(OH)–C–C–N with tert-alkyl or cyclic N) is 1. The number of methoxy groups -OCH3 is 1. The summed E-state index contributed by atoms with van der Waals surface area (Å²) in [5, 5.41) is 10.3. The van der Waals surface area contributed by atoms with Gasteiger partial charge in [-0.2, -0.15) is 0 Å². The van der Waals surface area contributed by atoms with E-state index in [2.05, 4.69) is 25.3 Å². The zero-order valence-corrected chi connectivity index (χ0v) is 15.2. The molecule has 0 spiro atoms. The molecule has 0 saturated carbocycles. The Balaban J connectivity index is 1.89. The molecule has 4 nitrogen and oxygen atoms in total. The molecule has 1 N–H and O–H groups in total. The van der Waals surface area contributed by atoms with Crippen LogP contribution >= 0.6 is 0 Å². The quantitative estimate of drug-likeness (QED) is 0.742. The molecule has 0 radical (unpaired) electrons. The molecule has 3 atom stereocenters. The molecule has 0 bridgehead atoms. The molecule has 0 unspecified atom stereocenters. The number of allylic oxidation sites excluding steroid dienone is 1. The summed E-state index contributed by atoms with van der Waals surface area (Å²) in [4.78, 5) is 2.35. The molecule has 1 aliphatic rings. The first-order valence-corrected chi connectivity index (χ1v) is 8.82. The van der Waals surface area contributed by atoms with E-state index in [-0.39, 0.29) is 0 Å². The summed E-state index contributed by atoms with van der Waals surface area (Å²) in [5.74, 6) is 2.98. The summed E-state index contributed by atoms with van der Waals surface area (Å²) in [5.41, 5.74) is 1.02. The van der Waals surface area contributed by atoms with Crippen molar-refractivity contribution >= 4 is 0 Å². The normalized spacial score (nSPS) is 22.8. The average molecular weight is 333 g/mol. The SMILES string of the molecule is C=CCc1cc(OC)ccc1OC[C@@H](O)CN1C[C@H](C)C[C@H](C)C1. The standard InChI is InChI=1S/C20H31NO3/c1-5-6-17-10-19(23-4)7-8-20(17)24-14-18(22)13-21-11-15(2)9-16(3)12-21/h5,7-8,10,15-16,18,22H,1,6,9,11-14H2,2-4H3/t15-,16+,18-/m0/s1. The lowest BCUT2D eigenvalue weighted by atomic mass is 9.92. The van der Waals surface area contributed by atoms with Crippen LogP contribution in [0.3, 0.4) is 0 Å². The minimum absolute atomic E-state index is 0.301. The molecule has 24 heavy (non-hydrogen) atoms. The van der Waals surface area contributed by atoms with Gasteiger partial charge in [0.2, 0.25) is 0 Å². The lowest BCUT2D eigenvalue weighted by Crippen LogP contribution is -2.44. The van der Waals surface area contributed by atoms with E-state index >= 15 is 0 Å². The summed E-state index contributed by atoms with van der Waals surface area (Å²) in [7, 11) is 1.65. The molecule has 1 saturated heterocycles. The van der Waals surface area contributed by atoms with Gasteiger partial charge in [0.1, 0.15) is 24.2 Å². The summed E-state index contributed by atoms with van der Waals surface area (Å²) in [6.07, 6.45) is 3.35. The van der Waals surface area contributed by atoms with Crippen LogP contribution in [-0.2, 0) is 6.42 Å². The van der Waals surface area contributed by atoms with Gasteiger partial charge < -0.3 is 19.5 Å². The fourth-order valence-corrected chi connectivity index (χ4v) is 3.62. The van der Waals surface area contributed by atoms with Crippen molar-refractivity contribution in [1.29, 1.82) is 0 Å². The van der Waals surface area contributed by atoms with Gasteiger partial charge in [0.25, 0.3) is 0 Å². The van der Waals surface area contributed by atoms with Crippen molar-refractivity contribution in [3.63, 3.8) is 0 Å². The van der Waals surface area contributed by atoms with Crippen LogP contribution in [0.2, 0.25) is 0 Å². The van der Waals surface area contributed by atoms with Crippen LogP contribution in [0.25, 0.3) is 0 Å². The highest BCUT2D eigenvalue weighted by Crippen LogP contribution is 2.25. The Bertz CT molecular complexity index is 522. The molecule has 0 aromatic heterocycles. The minimum atomic E-state index is -0.485. The largest absolute Gasteiger partial charge is 0.497 e. The van der Waals surface area contributed by atoms with Gasteiger partial charge in [-0.05, 0) is 42.9 Å². The van der Waals surface area contributed by atoms with E-state index in [0.717, 1.165) is 30.2 Å². The number of likely N-dealkylation sites (tertiary alicyclic amines) is 1. The van der Waals surface area contributed by atoms with E-state index in [0.29, 0.717) is 31.4 Å². The van der Waals surface area contributed by atoms with Crippen molar-refractivity contribution in [2.24, 2.45) is 11.8 Å². The molecule has 4 heteroatoms. The first-order chi connectivity index (χ1) is 11.5. The summed E-state index contributed by atoms with van der Waals surface area (Å²) in [6.45, 7) is 11.4. The van der Waals surface area contributed by atoms with Crippen LogP contribution in [0, 0.1) is 11.8 Å². The van der Waals surface area contributed by atoms with E-state index in [1.165, 1.54) is 6.42 Å². The Hall–Kier alpha value is -1.52. The van der Waals surface area contributed by atoms with Gasteiger partial charge >= 0.3 is 0 Å². The molecule has 1 fully saturated rings. The third-order valence-corrected chi connectivity index (χ3v) is 4.48. The Morgan fingerprint density at radius 1 is 1.33 bits per heavy atom. The average Bonchev–Trinajstić information content (AvgIpc) is 2.53. The Morgan fingerprint density at radius 2 is 2.04 bits per heavy atom. The van der Waals surface area contributed by atoms with Crippen molar-refractivity contribution in [3.8, 4) is 11.5 Å². The highest BCUT2D eigenvalue weighted by molar-refractivity contribution is 5.41. The van der Waals surface area contributed by atoms with Crippen molar-refractivity contribution in [2.45, 2.75) is 32.8 Å². The van der Waals surface area contributed by atoms with E-state index in [9.17, 15) is 5.11 Å². The van der Waals surface area contributed by atoms with Gasteiger partial charge in [-0.25, -0.2) is 0 Å². The topological polar surface area (TPSA) is 41.9 Å². The van der Waals surface area contributed by atoms with Crippen LogP contribution in [0.5, 0.6) is 11.5 Å². The van der Waals surface area contributed by atoms with Crippen molar-refractivity contribution in [2.75, 3.05) is 33.4 Å². The fraction of sp³-hybridized carbons (Fsp3) is 0.600. The number of rotatable bonds is 8. The number of aliphatic hydroxyl groups is 1. The maximum Gasteiger partial charge on any atom is 0.123 e. The zero-order valence-electron chi connectivity index (χ0n) is 15.2. The van der Waals surface area contributed by atoms with E-state index in [1.54, 1.807) is 7.11 Å². The molecular formula is C20H31NO3. The van der Waals surface area contributed by atoms with Crippen molar-refractivity contribution in [3.05, 3.63) is 36.4 Å². The summed E-state index contributed by atoms with van der Waals surface area (Å²) < 4.78 is 11.1. The number of nitrogens with zero attached hydrogens (tertiary/aromatic N) is 1. The molecule has 0 amide bonds. The molecule has 1 aliphatic heterocycles. The predicted octanol–water partition coefficient (Wildman–Crippen LogP) is 3.14. The zero-order chi connectivity index (χ0) is 17.5. The van der Waals surface area contributed by atoms with Crippen LogP contribution in [0.15, 0.2) is 30.9 Å². The van der Waals surface area contributed by atoms with Crippen LogP contribution in [0.4, 0.5) is 0 Å². The summed E-state index contributed by atoms with van der Waals surface area (Å²) >= 11 is 0. The minimum Gasteiger partial charge on any atom is -0.497 e. The van der Waals surface area contributed by atoms with Gasteiger partial charge in [-0.1, -0.05) is 19.9 Å². The highest BCUT2D eigenvalue weighted by Gasteiger charge is 2.23. The second-order valence-corrected chi connectivity index (χ2v) is 7.10. The Morgan fingerprint density at radius 3 is 2.67 bits per heavy atom. The van der Waals surface area contributed by atoms with Crippen molar-refractivity contribution < 1.29 is 14.6 Å². The Kier molecular flexibility index (Phi) is 7.13. The third kappa shape index (κ3) is 5.53. The first kappa shape index (κ1) is 18.8. The van der Waals surface area contributed by atoms with Gasteiger partial charge in [0.15, 0.2) is 0 Å². The number of piperidine rings is 1. The van der Waals surface area contributed by atoms with Crippen LogP contribution in [-0.4, -0.2) is 49.5 Å². The smallest absolute Gasteiger partial charge is 0.123 e. The third-order valence-electron chi connectivity index (χ3n) is 4.48. The molecular weight excluding hydrogens is 302 g/mol. The predicted molar refractivity (Wildman–Crippen MR) is 97.8 cm³/mol. The second kappa shape index (κ2) is 9.09. The van der Waals surface area contributed by atoms with Gasteiger partial charge in [0, 0.05) is 25.2 Å². The number of aliphatic hydroxyl groups excluding tert-OH is 1. The second-order valence-electron chi connectivity index (χ2n) is 7.10. The molecule has 1 aromatic rings. The van der Waals surface area contributed by atoms with E-state index in [4.69, 9.17) is 9.47 Å². The maximum atomic E-state index is 10.3. The number of hydrogen-bond donors (Lipinski definition) is 1. The number of ether oxygens (including phenoxy) is 2. The lowest BCUT2D eigenvalue weighted by molar-refractivity contribution is 0.0427. The van der Waals surface area contributed by atoms with Crippen LogP contribution in [0.1, 0.15) is 25.8 Å². The lowest BCUT2D eigenvalue weighted by Gasteiger charge is -2.35. The number of hydrogen-bond acceptors (Lipinski definition) is 4. The maximum absolute atomic E-state index is 10.3. The molecule has 0 aliphatic carbocycles. The van der Waals surface area contributed by atoms with Crippen LogP contribution < -0.4 is 9.47 Å². The number of benzene rings is 1. The summed E-state index contributed by atoms with van der Waals surface area (Å²) in [6, 6.07) is 5.73. The Labute approximate surface area is 146 Å². The van der Waals surface area contributed by atoms with Gasteiger partial charge in [0.05, 0.1) is 7.11 Å². The van der Waals surface area contributed by atoms with E-state index in [1.807, 2.05) is 24.3 Å². The van der Waals surface area contributed by atoms with Gasteiger partial charge in [-0.15, -0.1) is 6.58 Å². The monoisotopic (exact) mass is 333 g/mol. The van der Waals surface area contributed by atoms with Crippen molar-refractivity contribution in [1.82, 2.24) is 4.90 Å².